The second kappa shape index (κ2) is 8.51. The van der Waals surface area contributed by atoms with E-state index in [4.69, 9.17) is 0 Å². The number of likely N-dealkylation sites (tertiary alicyclic amines) is 1. The SMILES string of the molecule is CN(C(=O)C1CCC1)C1CCN(CC(=O)Nc2cccc(C(F)(F)F)c2)CC1. The molecule has 1 saturated carbocycles. The van der Waals surface area contributed by atoms with Crippen molar-refractivity contribution in [1.29, 1.82) is 0 Å². The average Bonchev–Trinajstić information content (AvgIpc) is 2.59. The summed E-state index contributed by atoms with van der Waals surface area (Å²) in [6, 6.07) is 4.82. The van der Waals surface area contributed by atoms with Crippen LogP contribution in [0.4, 0.5) is 18.9 Å². The van der Waals surface area contributed by atoms with E-state index >= 15 is 0 Å². The Morgan fingerprint density at radius 1 is 1.18 bits per heavy atom. The lowest BCUT2D eigenvalue weighted by molar-refractivity contribution is -0.140. The number of amides is 2. The van der Waals surface area contributed by atoms with Gasteiger partial charge in [0.25, 0.3) is 0 Å². The Morgan fingerprint density at radius 2 is 1.86 bits per heavy atom. The number of anilines is 1. The van der Waals surface area contributed by atoms with E-state index in [-0.39, 0.29) is 36.0 Å². The molecule has 1 aromatic carbocycles. The van der Waals surface area contributed by atoms with Crippen LogP contribution in [0.25, 0.3) is 0 Å². The summed E-state index contributed by atoms with van der Waals surface area (Å²) >= 11 is 0. The number of carbonyl (C=O) groups excluding carboxylic acids is 2. The summed E-state index contributed by atoms with van der Waals surface area (Å²) in [5.74, 6) is 0.0740. The van der Waals surface area contributed by atoms with E-state index in [2.05, 4.69) is 5.32 Å². The fourth-order valence-electron chi connectivity index (χ4n) is 3.76. The van der Waals surface area contributed by atoms with Gasteiger partial charge in [-0.2, -0.15) is 13.2 Å². The molecular weight excluding hydrogens is 371 g/mol. The van der Waals surface area contributed by atoms with Gasteiger partial charge in [0.2, 0.25) is 11.8 Å². The number of benzene rings is 1. The van der Waals surface area contributed by atoms with Crippen molar-refractivity contribution in [3.05, 3.63) is 29.8 Å². The van der Waals surface area contributed by atoms with Crippen molar-refractivity contribution in [2.45, 2.75) is 44.3 Å². The Morgan fingerprint density at radius 3 is 2.43 bits per heavy atom. The monoisotopic (exact) mass is 397 g/mol. The Balaban J connectivity index is 1.45. The first-order valence-electron chi connectivity index (χ1n) is 9.70. The molecule has 1 heterocycles. The third-order valence-corrected chi connectivity index (χ3v) is 5.75. The van der Waals surface area contributed by atoms with Crippen molar-refractivity contribution in [2.75, 3.05) is 32.0 Å². The van der Waals surface area contributed by atoms with Gasteiger partial charge in [-0.25, -0.2) is 0 Å². The highest BCUT2D eigenvalue weighted by Crippen LogP contribution is 2.31. The van der Waals surface area contributed by atoms with Gasteiger partial charge in [0, 0.05) is 37.8 Å². The van der Waals surface area contributed by atoms with Crippen LogP contribution in [-0.4, -0.2) is 54.3 Å². The molecule has 2 aliphatic rings. The van der Waals surface area contributed by atoms with Crippen LogP contribution in [-0.2, 0) is 15.8 Å². The zero-order valence-electron chi connectivity index (χ0n) is 16.0. The average molecular weight is 397 g/mol. The first-order valence-corrected chi connectivity index (χ1v) is 9.70. The summed E-state index contributed by atoms with van der Waals surface area (Å²) in [4.78, 5) is 28.4. The Hall–Kier alpha value is -2.09. The van der Waals surface area contributed by atoms with Crippen LogP contribution >= 0.6 is 0 Å². The molecule has 1 aromatic rings. The van der Waals surface area contributed by atoms with E-state index in [1.807, 2.05) is 16.8 Å². The Kier molecular flexibility index (Phi) is 6.27. The van der Waals surface area contributed by atoms with Crippen LogP contribution in [0.2, 0.25) is 0 Å². The summed E-state index contributed by atoms with van der Waals surface area (Å²) in [5, 5.41) is 2.54. The molecule has 2 amide bonds. The fraction of sp³-hybridized carbons (Fsp3) is 0.600. The Labute approximate surface area is 162 Å². The van der Waals surface area contributed by atoms with E-state index < -0.39 is 11.7 Å². The predicted octanol–water partition coefficient (Wildman–Crippen LogP) is 3.37. The molecule has 1 aliphatic carbocycles. The lowest BCUT2D eigenvalue weighted by Gasteiger charge is -2.39. The predicted molar refractivity (Wildman–Crippen MR) is 99.6 cm³/mol. The highest BCUT2D eigenvalue weighted by Gasteiger charge is 2.33. The van der Waals surface area contributed by atoms with Gasteiger partial charge in [0.05, 0.1) is 12.1 Å². The van der Waals surface area contributed by atoms with E-state index in [1.54, 1.807) is 0 Å². The van der Waals surface area contributed by atoms with E-state index in [1.165, 1.54) is 12.1 Å². The van der Waals surface area contributed by atoms with Crippen LogP contribution in [0.15, 0.2) is 24.3 Å². The van der Waals surface area contributed by atoms with Crippen LogP contribution in [0.3, 0.4) is 0 Å². The molecule has 1 N–H and O–H groups in total. The van der Waals surface area contributed by atoms with Gasteiger partial charge in [-0.3, -0.25) is 14.5 Å². The molecule has 0 atom stereocenters. The van der Waals surface area contributed by atoms with Crippen LogP contribution < -0.4 is 5.32 Å². The minimum Gasteiger partial charge on any atom is -0.342 e. The molecule has 0 radical (unpaired) electrons. The number of nitrogens with zero attached hydrogens (tertiary/aromatic N) is 2. The molecular formula is C20H26F3N3O2. The Bertz CT molecular complexity index is 711. The van der Waals surface area contributed by atoms with Crippen LogP contribution in [0, 0.1) is 5.92 Å². The summed E-state index contributed by atoms with van der Waals surface area (Å²) in [6.07, 6.45) is 0.252. The van der Waals surface area contributed by atoms with Crippen molar-refractivity contribution in [3.63, 3.8) is 0 Å². The number of alkyl halides is 3. The molecule has 3 rings (SSSR count). The van der Waals surface area contributed by atoms with Crippen molar-refractivity contribution >= 4 is 17.5 Å². The minimum atomic E-state index is -4.44. The van der Waals surface area contributed by atoms with Crippen LogP contribution in [0.1, 0.15) is 37.7 Å². The molecule has 28 heavy (non-hydrogen) atoms. The van der Waals surface area contributed by atoms with E-state index in [9.17, 15) is 22.8 Å². The number of rotatable bonds is 5. The summed E-state index contributed by atoms with van der Waals surface area (Å²) in [5.41, 5.74) is -0.647. The molecule has 0 aromatic heterocycles. The lowest BCUT2D eigenvalue weighted by Crippen LogP contribution is -2.49. The fourth-order valence-corrected chi connectivity index (χ4v) is 3.76. The zero-order valence-corrected chi connectivity index (χ0v) is 16.0. The quantitative estimate of drug-likeness (QED) is 0.829. The van der Waals surface area contributed by atoms with Gasteiger partial charge in [-0.15, -0.1) is 0 Å². The minimum absolute atomic E-state index is 0.128. The maximum Gasteiger partial charge on any atom is 0.416 e. The smallest absolute Gasteiger partial charge is 0.342 e. The van der Waals surface area contributed by atoms with Gasteiger partial charge in [-0.05, 0) is 43.9 Å². The largest absolute Gasteiger partial charge is 0.416 e. The molecule has 154 valence electrons. The van der Waals surface area contributed by atoms with Crippen molar-refractivity contribution < 1.29 is 22.8 Å². The van der Waals surface area contributed by atoms with Crippen molar-refractivity contribution in [2.24, 2.45) is 5.92 Å². The normalized spacial score (nSPS) is 19.1. The highest BCUT2D eigenvalue weighted by molar-refractivity contribution is 5.92. The summed E-state index contributed by atoms with van der Waals surface area (Å²) < 4.78 is 38.3. The van der Waals surface area contributed by atoms with Gasteiger partial charge in [0.1, 0.15) is 0 Å². The topological polar surface area (TPSA) is 52.7 Å². The second-order valence-corrected chi connectivity index (χ2v) is 7.71. The summed E-state index contributed by atoms with van der Waals surface area (Å²) in [7, 11) is 1.86. The number of halogens is 3. The standard InChI is InChI=1S/C20H26F3N3O2/c1-25(19(28)14-4-2-5-14)17-8-10-26(11-9-17)13-18(27)24-16-7-3-6-15(12-16)20(21,22)23/h3,6-7,12,14,17H,2,4-5,8-11,13H2,1H3,(H,24,27). The van der Waals surface area contributed by atoms with Crippen molar-refractivity contribution in [3.8, 4) is 0 Å². The zero-order chi connectivity index (χ0) is 20.3. The number of hydrogen-bond acceptors (Lipinski definition) is 3. The van der Waals surface area contributed by atoms with Gasteiger partial charge in [0.15, 0.2) is 0 Å². The van der Waals surface area contributed by atoms with E-state index in [0.717, 1.165) is 44.2 Å². The number of nitrogens with one attached hydrogen (secondary N) is 1. The first kappa shape index (κ1) is 20.6. The molecule has 1 saturated heterocycles. The number of hydrogen-bond donors (Lipinski definition) is 1. The number of piperidine rings is 1. The summed E-state index contributed by atoms with van der Waals surface area (Å²) in [6.45, 7) is 1.50. The second-order valence-electron chi connectivity index (χ2n) is 7.71. The lowest BCUT2D eigenvalue weighted by atomic mass is 9.84. The number of carbonyl (C=O) groups is 2. The highest BCUT2D eigenvalue weighted by atomic mass is 19.4. The van der Waals surface area contributed by atoms with Gasteiger partial charge in [-0.1, -0.05) is 12.5 Å². The van der Waals surface area contributed by atoms with Crippen molar-refractivity contribution in [1.82, 2.24) is 9.80 Å². The first-order chi connectivity index (χ1) is 13.2. The molecule has 1 aliphatic heterocycles. The molecule has 0 unspecified atom stereocenters. The van der Waals surface area contributed by atoms with Gasteiger partial charge < -0.3 is 10.2 Å². The molecule has 8 heteroatoms. The molecule has 2 fully saturated rings. The maximum absolute atomic E-state index is 12.8. The maximum atomic E-state index is 12.8. The molecule has 0 bridgehead atoms. The van der Waals surface area contributed by atoms with E-state index in [0.29, 0.717) is 13.1 Å². The van der Waals surface area contributed by atoms with Gasteiger partial charge >= 0.3 is 6.18 Å². The molecule has 0 spiro atoms. The van der Waals surface area contributed by atoms with Crippen LogP contribution in [0.5, 0.6) is 0 Å². The third-order valence-electron chi connectivity index (χ3n) is 5.75. The third kappa shape index (κ3) is 5.04. The molecule has 5 nitrogen and oxygen atoms in total.